The van der Waals surface area contributed by atoms with Crippen molar-refractivity contribution >= 4 is 61.5 Å². The zero-order chi connectivity index (χ0) is 25.1. The van der Waals surface area contributed by atoms with Gasteiger partial charge in [-0.25, -0.2) is 9.67 Å². The number of carbonyl (C=O) groups is 2. The second-order valence-electron chi connectivity index (χ2n) is 7.72. The van der Waals surface area contributed by atoms with Crippen molar-refractivity contribution in [2.24, 2.45) is 5.73 Å². The number of tetrazole rings is 1. The van der Waals surface area contributed by atoms with Crippen LogP contribution in [0.2, 0.25) is 0 Å². The van der Waals surface area contributed by atoms with E-state index in [0.717, 1.165) is 33.4 Å². The molecule has 0 saturated carbocycles. The number of anilines is 3. The molecular formula is C24H20N8O2S2. The minimum Gasteiger partial charge on any atom is -0.364 e. The Morgan fingerprint density at radius 2 is 1.83 bits per heavy atom. The van der Waals surface area contributed by atoms with Crippen LogP contribution < -0.4 is 16.4 Å². The Bertz CT molecular complexity index is 1560. The molecular weight excluding hydrogens is 496 g/mol. The third-order valence-corrected chi connectivity index (χ3v) is 6.86. The first-order chi connectivity index (χ1) is 17.5. The number of amides is 2. The molecule has 10 nitrogen and oxygen atoms in total. The Kier molecular flexibility index (Phi) is 6.60. The van der Waals surface area contributed by atoms with Crippen molar-refractivity contribution in [3.63, 3.8) is 0 Å². The SMILES string of the molecule is CSc1nnnn1Cc1ccc(C(=O)Nc2sc(Nc3ccc4ccccc4c3)nc2C(N)=O)cc1. The fourth-order valence-corrected chi connectivity index (χ4v) is 4.88. The van der Waals surface area contributed by atoms with Crippen molar-refractivity contribution < 1.29 is 9.59 Å². The van der Waals surface area contributed by atoms with Crippen molar-refractivity contribution in [3.05, 3.63) is 83.6 Å². The van der Waals surface area contributed by atoms with Gasteiger partial charge in [0.25, 0.3) is 11.8 Å². The Morgan fingerprint density at radius 3 is 2.58 bits per heavy atom. The predicted octanol–water partition coefficient (Wildman–Crippen LogP) is 4.15. The number of nitrogens with two attached hydrogens (primary N) is 1. The number of thioether (sulfide) groups is 1. The number of primary amides is 1. The highest BCUT2D eigenvalue weighted by Crippen LogP contribution is 2.32. The number of nitrogens with zero attached hydrogens (tertiary/aromatic N) is 5. The number of nitrogens with one attached hydrogen (secondary N) is 2. The quantitative estimate of drug-likeness (QED) is 0.261. The van der Waals surface area contributed by atoms with Gasteiger partial charge in [-0.3, -0.25) is 9.59 Å². The molecule has 0 spiro atoms. The van der Waals surface area contributed by atoms with E-state index in [1.807, 2.05) is 60.9 Å². The second kappa shape index (κ2) is 10.1. The Hall–Kier alpha value is -4.29. The lowest BCUT2D eigenvalue weighted by atomic mass is 10.1. The third kappa shape index (κ3) is 5.04. The van der Waals surface area contributed by atoms with Gasteiger partial charge in [-0.2, -0.15) is 0 Å². The Morgan fingerprint density at radius 1 is 1.06 bits per heavy atom. The summed E-state index contributed by atoms with van der Waals surface area (Å²) in [5, 5.41) is 21.1. The van der Waals surface area contributed by atoms with Gasteiger partial charge in [0.1, 0.15) is 5.00 Å². The number of rotatable bonds is 8. The maximum atomic E-state index is 12.9. The van der Waals surface area contributed by atoms with Crippen molar-refractivity contribution in [2.45, 2.75) is 11.7 Å². The van der Waals surface area contributed by atoms with Crippen LogP contribution in [0.25, 0.3) is 10.8 Å². The van der Waals surface area contributed by atoms with Crippen LogP contribution in [0.15, 0.2) is 71.9 Å². The van der Waals surface area contributed by atoms with Crippen LogP contribution in [0.5, 0.6) is 0 Å². The van der Waals surface area contributed by atoms with Gasteiger partial charge in [0.2, 0.25) is 5.16 Å². The number of aromatic nitrogens is 5. The normalized spacial score (nSPS) is 10.9. The minimum atomic E-state index is -0.727. The van der Waals surface area contributed by atoms with Crippen molar-refractivity contribution in [1.82, 2.24) is 25.2 Å². The van der Waals surface area contributed by atoms with Crippen LogP contribution >= 0.6 is 23.1 Å². The van der Waals surface area contributed by atoms with Gasteiger partial charge >= 0.3 is 0 Å². The van der Waals surface area contributed by atoms with Crippen LogP contribution in [0.1, 0.15) is 26.4 Å². The van der Waals surface area contributed by atoms with Crippen molar-refractivity contribution in [2.75, 3.05) is 16.9 Å². The molecule has 4 N–H and O–H groups in total. The summed E-state index contributed by atoms with van der Waals surface area (Å²) in [5.74, 6) is -1.10. The number of fused-ring (bicyclic) bond motifs is 1. The van der Waals surface area contributed by atoms with Crippen molar-refractivity contribution in [1.29, 1.82) is 0 Å². The molecule has 2 heterocycles. The van der Waals surface area contributed by atoms with Crippen LogP contribution in [0, 0.1) is 0 Å². The summed E-state index contributed by atoms with van der Waals surface area (Å²) >= 11 is 2.59. The number of hydrogen-bond donors (Lipinski definition) is 3. The highest BCUT2D eigenvalue weighted by atomic mass is 32.2. The summed E-state index contributed by atoms with van der Waals surface area (Å²) in [7, 11) is 0. The molecule has 0 aliphatic rings. The van der Waals surface area contributed by atoms with Crippen LogP contribution in [-0.4, -0.2) is 43.3 Å². The molecule has 0 atom stereocenters. The van der Waals surface area contributed by atoms with Gasteiger partial charge in [0.05, 0.1) is 6.54 Å². The summed E-state index contributed by atoms with van der Waals surface area (Å²) in [6.45, 7) is 0.482. The van der Waals surface area contributed by atoms with Gasteiger partial charge in [-0.05, 0) is 57.3 Å². The van der Waals surface area contributed by atoms with Gasteiger partial charge in [0, 0.05) is 11.3 Å². The number of hydrogen-bond acceptors (Lipinski definition) is 9. The molecule has 2 amide bonds. The standard InChI is InChI=1S/C24H20N8O2S2/c1-35-24-29-30-31-32(24)13-14-6-8-16(9-7-14)21(34)28-22-19(20(25)33)27-23(36-22)26-18-11-10-15-4-2-3-5-17(15)12-18/h2-12H,13H2,1H3,(H2,25,33)(H,26,27)(H,28,34). The monoisotopic (exact) mass is 516 g/mol. The maximum Gasteiger partial charge on any atom is 0.270 e. The molecule has 5 rings (SSSR count). The van der Waals surface area contributed by atoms with E-state index < -0.39 is 5.91 Å². The molecule has 36 heavy (non-hydrogen) atoms. The number of carbonyl (C=O) groups excluding carboxylic acids is 2. The van der Waals surface area contributed by atoms with Gasteiger partial charge < -0.3 is 16.4 Å². The molecule has 2 aromatic heterocycles. The maximum absolute atomic E-state index is 12.9. The van der Waals surface area contributed by atoms with Gasteiger partial charge in [-0.15, -0.1) is 5.10 Å². The fourth-order valence-electron chi connectivity index (χ4n) is 3.57. The highest BCUT2D eigenvalue weighted by Gasteiger charge is 2.19. The average molecular weight is 517 g/mol. The second-order valence-corrected chi connectivity index (χ2v) is 9.49. The lowest BCUT2D eigenvalue weighted by Crippen LogP contribution is -2.17. The van der Waals surface area contributed by atoms with E-state index in [-0.39, 0.29) is 16.6 Å². The van der Waals surface area contributed by atoms with E-state index in [1.54, 1.807) is 16.8 Å². The van der Waals surface area contributed by atoms with E-state index in [1.165, 1.54) is 11.8 Å². The molecule has 0 aliphatic carbocycles. The van der Waals surface area contributed by atoms with Crippen LogP contribution in [0.3, 0.4) is 0 Å². The van der Waals surface area contributed by atoms with Crippen molar-refractivity contribution in [3.8, 4) is 0 Å². The smallest absolute Gasteiger partial charge is 0.270 e. The molecule has 0 unspecified atom stereocenters. The summed E-state index contributed by atoms with van der Waals surface area (Å²) < 4.78 is 1.68. The lowest BCUT2D eigenvalue weighted by molar-refractivity contribution is 0.0997. The van der Waals surface area contributed by atoms with E-state index in [2.05, 4.69) is 31.1 Å². The minimum absolute atomic E-state index is 0.00321. The van der Waals surface area contributed by atoms with E-state index in [0.29, 0.717) is 22.4 Å². The van der Waals surface area contributed by atoms with Gasteiger partial charge in [-0.1, -0.05) is 65.6 Å². The molecule has 0 radical (unpaired) electrons. The third-order valence-electron chi connectivity index (χ3n) is 5.32. The van der Waals surface area contributed by atoms with E-state index in [4.69, 9.17) is 5.73 Å². The number of thiazole rings is 1. The first-order valence-electron chi connectivity index (χ1n) is 10.8. The van der Waals surface area contributed by atoms with E-state index in [9.17, 15) is 9.59 Å². The molecule has 0 saturated heterocycles. The summed E-state index contributed by atoms with van der Waals surface area (Å²) in [6.07, 6.45) is 1.90. The molecule has 3 aromatic carbocycles. The molecule has 0 aliphatic heterocycles. The largest absolute Gasteiger partial charge is 0.364 e. The highest BCUT2D eigenvalue weighted by molar-refractivity contribution is 7.98. The molecule has 180 valence electrons. The van der Waals surface area contributed by atoms with Gasteiger partial charge in [0.15, 0.2) is 10.8 Å². The topological polar surface area (TPSA) is 141 Å². The zero-order valence-corrected chi connectivity index (χ0v) is 20.6. The fraction of sp³-hybridized carbons (Fsp3) is 0.0833. The van der Waals surface area contributed by atoms with Crippen LogP contribution in [-0.2, 0) is 6.54 Å². The van der Waals surface area contributed by atoms with Crippen LogP contribution in [0.4, 0.5) is 15.8 Å². The Balaban J connectivity index is 1.31. The number of benzene rings is 3. The molecule has 12 heteroatoms. The Labute approximate surface area is 213 Å². The zero-order valence-electron chi connectivity index (χ0n) is 19.0. The molecule has 0 fully saturated rings. The molecule has 0 bridgehead atoms. The summed E-state index contributed by atoms with van der Waals surface area (Å²) in [5.41, 5.74) is 7.69. The first kappa shape index (κ1) is 23.5. The average Bonchev–Trinajstić information content (AvgIpc) is 3.50. The molecule has 5 aromatic rings. The summed E-state index contributed by atoms with van der Waals surface area (Å²) in [4.78, 5) is 29.2. The lowest BCUT2D eigenvalue weighted by Gasteiger charge is -2.06. The summed E-state index contributed by atoms with van der Waals surface area (Å²) in [6, 6.07) is 20.9. The predicted molar refractivity (Wildman–Crippen MR) is 141 cm³/mol. The van der Waals surface area contributed by atoms with E-state index >= 15 is 0 Å². The first-order valence-corrected chi connectivity index (χ1v) is 12.8.